The molecule has 0 bridgehead atoms. The van der Waals surface area contributed by atoms with Crippen molar-refractivity contribution >= 4 is 15.5 Å². The van der Waals surface area contributed by atoms with Crippen LogP contribution in [0.25, 0.3) is 0 Å². The van der Waals surface area contributed by atoms with Crippen molar-refractivity contribution in [1.82, 2.24) is 0 Å². The van der Waals surface area contributed by atoms with Gasteiger partial charge < -0.3 is 18.0 Å². The van der Waals surface area contributed by atoms with Crippen LogP contribution in [0.2, 0.25) is 0 Å². The van der Waals surface area contributed by atoms with Crippen LogP contribution in [0.3, 0.4) is 0 Å². The Labute approximate surface area is 117 Å². The summed E-state index contributed by atoms with van der Waals surface area (Å²) < 4.78 is 21.9. The first-order valence-electron chi connectivity index (χ1n) is 6.51. The smallest absolute Gasteiger partial charge is 0.462 e. The number of hydrogen-bond donors (Lipinski definition) is 0. The summed E-state index contributed by atoms with van der Waals surface area (Å²) in [6, 6.07) is 0. The highest BCUT2D eigenvalue weighted by Gasteiger charge is 2.25. The molecule has 6 heteroatoms. The highest BCUT2D eigenvalue weighted by molar-refractivity contribution is 6.36. The highest BCUT2D eigenvalue weighted by atomic mass is 28.3. The molecule has 5 nitrogen and oxygen atoms in total. The topological polar surface area (TPSA) is 54.0 Å². The Kier molecular flexibility index (Phi) is 9.77. The minimum Gasteiger partial charge on any atom is -0.462 e. The summed E-state index contributed by atoms with van der Waals surface area (Å²) in [7, 11) is -1.76. The van der Waals surface area contributed by atoms with Crippen LogP contribution in [-0.2, 0) is 22.8 Å². The molecule has 0 N–H and O–H groups in total. The van der Waals surface area contributed by atoms with Gasteiger partial charge in [0.25, 0.3) is 0 Å². The van der Waals surface area contributed by atoms with Crippen molar-refractivity contribution in [2.45, 2.75) is 59.4 Å². The van der Waals surface area contributed by atoms with Crippen LogP contribution in [0.4, 0.5) is 0 Å². The molecule has 0 saturated heterocycles. The van der Waals surface area contributed by atoms with Gasteiger partial charge in [-0.2, -0.15) is 0 Å². The molecular weight excluding hydrogens is 264 g/mol. The first-order chi connectivity index (χ1) is 8.85. The van der Waals surface area contributed by atoms with Gasteiger partial charge in [0.2, 0.25) is 0 Å². The second-order valence-corrected chi connectivity index (χ2v) is 5.88. The van der Waals surface area contributed by atoms with Crippen molar-refractivity contribution in [3.63, 3.8) is 0 Å². The van der Waals surface area contributed by atoms with E-state index in [-0.39, 0.29) is 18.3 Å². The molecule has 111 valence electrons. The zero-order valence-corrected chi connectivity index (χ0v) is 13.5. The van der Waals surface area contributed by atoms with Crippen molar-refractivity contribution in [3.05, 3.63) is 12.7 Å². The van der Waals surface area contributed by atoms with Crippen LogP contribution in [0.1, 0.15) is 41.0 Å². The molecule has 0 aromatic heterocycles. The molecule has 1 radical (unpaired) electrons. The van der Waals surface area contributed by atoms with Gasteiger partial charge in [-0.3, -0.25) is 0 Å². The number of rotatable bonds is 10. The van der Waals surface area contributed by atoms with Gasteiger partial charge in [0, 0.05) is 30.8 Å². The lowest BCUT2D eigenvalue weighted by molar-refractivity contribution is -0.138. The molecule has 0 aliphatic carbocycles. The third kappa shape index (κ3) is 10.9. The molecule has 0 fully saturated rings. The summed E-state index contributed by atoms with van der Waals surface area (Å²) in [5, 5.41) is 0. The average molecular weight is 289 g/mol. The molecule has 0 heterocycles. The maximum atomic E-state index is 10.9. The molecule has 1 atom stereocenters. The molecule has 0 aliphatic rings. The van der Waals surface area contributed by atoms with Crippen molar-refractivity contribution in [2.75, 3.05) is 6.61 Å². The molecule has 0 saturated carbocycles. The lowest BCUT2D eigenvalue weighted by Crippen LogP contribution is -2.36. The summed E-state index contributed by atoms with van der Waals surface area (Å²) >= 11 is 0. The number of ether oxygens (including phenoxy) is 1. The fraction of sp³-hybridized carbons (Fsp3) is 0.769. The maximum Gasteiger partial charge on any atom is 0.578 e. The van der Waals surface area contributed by atoms with Crippen molar-refractivity contribution in [1.29, 1.82) is 0 Å². The predicted molar refractivity (Wildman–Crippen MR) is 74.5 cm³/mol. The Balaban J connectivity index is 4.03. The van der Waals surface area contributed by atoms with E-state index < -0.39 is 15.5 Å². The average Bonchev–Trinajstić information content (AvgIpc) is 2.26. The summed E-state index contributed by atoms with van der Waals surface area (Å²) in [4.78, 5) is 10.9. The molecule has 0 spiro atoms. The number of esters is 1. The molecule has 0 rings (SSSR count). The van der Waals surface area contributed by atoms with Gasteiger partial charge in [0.05, 0.1) is 6.61 Å². The second kappa shape index (κ2) is 10.1. The van der Waals surface area contributed by atoms with E-state index in [1.165, 1.54) is 0 Å². The van der Waals surface area contributed by atoms with E-state index in [1.807, 2.05) is 34.6 Å². The highest BCUT2D eigenvalue weighted by Crippen LogP contribution is 2.07. The zero-order valence-electron chi connectivity index (χ0n) is 12.5. The van der Waals surface area contributed by atoms with Crippen LogP contribution in [0.5, 0.6) is 0 Å². The first kappa shape index (κ1) is 18.3. The van der Waals surface area contributed by atoms with Gasteiger partial charge >= 0.3 is 15.5 Å². The van der Waals surface area contributed by atoms with E-state index in [4.69, 9.17) is 18.0 Å². The standard InChI is InChI=1S/C13H25O5Si/c1-7-13(14)15-9-8-12(6)18-19(16-10(2)3)17-11(4)5/h7,10-12H,1,8-9H2,2-6H3. The van der Waals surface area contributed by atoms with Crippen LogP contribution in [0.15, 0.2) is 12.7 Å². The SMILES string of the molecule is C=CC(=O)OCCC(C)O[Si](OC(C)C)OC(C)C. The number of carbonyl (C=O) groups excluding carboxylic acids is 1. The Bertz CT molecular complexity index is 258. The Morgan fingerprint density at radius 1 is 1.11 bits per heavy atom. The normalized spacial score (nSPS) is 13.1. The first-order valence-corrected chi connectivity index (χ1v) is 7.73. The quantitative estimate of drug-likeness (QED) is 0.351. The summed E-state index contributed by atoms with van der Waals surface area (Å²) in [5.41, 5.74) is 0. The largest absolute Gasteiger partial charge is 0.578 e. The minimum absolute atomic E-state index is 0.0541. The fourth-order valence-corrected chi connectivity index (χ4v) is 2.46. The molecular formula is C13H25O5Si. The molecule has 0 aliphatic heterocycles. The molecule has 19 heavy (non-hydrogen) atoms. The van der Waals surface area contributed by atoms with E-state index in [0.29, 0.717) is 13.0 Å². The minimum atomic E-state index is -1.76. The van der Waals surface area contributed by atoms with E-state index in [9.17, 15) is 4.79 Å². The van der Waals surface area contributed by atoms with Crippen LogP contribution in [-0.4, -0.2) is 40.4 Å². The lowest BCUT2D eigenvalue weighted by Gasteiger charge is -2.22. The van der Waals surface area contributed by atoms with E-state index in [2.05, 4.69) is 6.58 Å². The molecule has 1 unspecified atom stereocenters. The van der Waals surface area contributed by atoms with Gasteiger partial charge in [0.1, 0.15) is 0 Å². The number of carbonyl (C=O) groups is 1. The summed E-state index contributed by atoms with van der Waals surface area (Å²) in [6.45, 7) is 13.3. The van der Waals surface area contributed by atoms with E-state index >= 15 is 0 Å². The van der Waals surface area contributed by atoms with Crippen molar-refractivity contribution in [2.24, 2.45) is 0 Å². The lowest BCUT2D eigenvalue weighted by atomic mass is 10.3. The molecule has 0 aromatic carbocycles. The van der Waals surface area contributed by atoms with Crippen molar-refractivity contribution in [3.8, 4) is 0 Å². The molecule has 0 aromatic rings. The second-order valence-electron chi connectivity index (χ2n) is 4.67. The van der Waals surface area contributed by atoms with Crippen LogP contribution < -0.4 is 0 Å². The monoisotopic (exact) mass is 289 g/mol. The van der Waals surface area contributed by atoms with Gasteiger partial charge in [-0.25, -0.2) is 4.79 Å². The van der Waals surface area contributed by atoms with E-state index in [0.717, 1.165) is 6.08 Å². The third-order valence-corrected chi connectivity index (χ3v) is 3.82. The van der Waals surface area contributed by atoms with Gasteiger partial charge in [0.15, 0.2) is 0 Å². The Morgan fingerprint density at radius 3 is 2.05 bits per heavy atom. The summed E-state index contributed by atoms with van der Waals surface area (Å²) in [5.74, 6) is -0.422. The van der Waals surface area contributed by atoms with Crippen LogP contribution in [0, 0.1) is 0 Å². The zero-order chi connectivity index (χ0) is 14.8. The van der Waals surface area contributed by atoms with Gasteiger partial charge in [-0.1, -0.05) is 6.58 Å². The van der Waals surface area contributed by atoms with Crippen molar-refractivity contribution < 1.29 is 22.8 Å². The Morgan fingerprint density at radius 2 is 1.63 bits per heavy atom. The predicted octanol–water partition coefficient (Wildman–Crippen LogP) is 2.35. The number of hydrogen-bond acceptors (Lipinski definition) is 5. The van der Waals surface area contributed by atoms with Gasteiger partial charge in [-0.15, -0.1) is 0 Å². The maximum absolute atomic E-state index is 10.9. The third-order valence-electron chi connectivity index (χ3n) is 1.90. The Hall–Kier alpha value is -0.693. The van der Waals surface area contributed by atoms with E-state index in [1.54, 1.807) is 0 Å². The van der Waals surface area contributed by atoms with Gasteiger partial charge in [-0.05, 0) is 34.6 Å². The van der Waals surface area contributed by atoms with Crippen LogP contribution >= 0.6 is 0 Å². The molecule has 0 amide bonds. The fourth-order valence-electron chi connectivity index (χ4n) is 1.08. The summed E-state index contributed by atoms with van der Waals surface area (Å²) in [6.07, 6.45) is 1.75.